The van der Waals surface area contributed by atoms with Gasteiger partial charge in [0.1, 0.15) is 11.6 Å². The van der Waals surface area contributed by atoms with Gasteiger partial charge in [-0.3, -0.25) is 0 Å². The number of nitrogens with zero attached hydrogens (tertiary/aromatic N) is 4. The highest BCUT2D eigenvalue weighted by Gasteiger charge is 2.32. The van der Waals surface area contributed by atoms with Crippen LogP contribution in [0.4, 0.5) is 4.79 Å². The van der Waals surface area contributed by atoms with Gasteiger partial charge < -0.3 is 19.2 Å². The monoisotopic (exact) mass is 343 g/mol. The fraction of sp³-hybridized carbons (Fsp3) is 0.611. The van der Waals surface area contributed by atoms with Crippen molar-refractivity contribution in [1.82, 2.24) is 25.0 Å². The van der Waals surface area contributed by atoms with Gasteiger partial charge in [-0.2, -0.15) is 0 Å². The molecule has 7 heteroatoms. The molecule has 0 aliphatic carbocycles. The van der Waals surface area contributed by atoms with E-state index in [1.54, 1.807) is 6.26 Å². The molecular weight excluding hydrogens is 318 g/mol. The van der Waals surface area contributed by atoms with Gasteiger partial charge >= 0.3 is 6.03 Å². The molecule has 25 heavy (non-hydrogen) atoms. The summed E-state index contributed by atoms with van der Waals surface area (Å²) in [5.74, 6) is 2.67. The maximum Gasteiger partial charge on any atom is 0.318 e. The summed E-state index contributed by atoms with van der Waals surface area (Å²) in [6.45, 7) is 3.65. The van der Waals surface area contributed by atoms with Crippen LogP contribution in [0.1, 0.15) is 68.0 Å². The van der Waals surface area contributed by atoms with Gasteiger partial charge in [-0.25, -0.2) is 4.79 Å². The van der Waals surface area contributed by atoms with Crippen molar-refractivity contribution in [3.63, 3.8) is 0 Å². The van der Waals surface area contributed by atoms with E-state index >= 15 is 0 Å². The molecule has 0 aromatic carbocycles. The molecule has 2 atom stereocenters. The average molecular weight is 343 g/mol. The molecule has 2 amide bonds. The summed E-state index contributed by atoms with van der Waals surface area (Å²) in [5.41, 5.74) is 0. The topological polar surface area (TPSA) is 76.2 Å². The minimum Gasteiger partial charge on any atom is -0.467 e. The Kier molecular flexibility index (Phi) is 4.46. The Morgan fingerprint density at radius 1 is 1.20 bits per heavy atom. The van der Waals surface area contributed by atoms with Gasteiger partial charge in [0.15, 0.2) is 5.82 Å². The number of hydrogen-bond acceptors (Lipinski definition) is 4. The molecule has 2 aromatic heterocycles. The molecule has 1 fully saturated rings. The van der Waals surface area contributed by atoms with Crippen LogP contribution in [0.25, 0.3) is 0 Å². The Morgan fingerprint density at radius 2 is 2.12 bits per heavy atom. The van der Waals surface area contributed by atoms with Crippen LogP contribution in [0.3, 0.4) is 0 Å². The number of aromatic nitrogens is 3. The lowest BCUT2D eigenvalue weighted by molar-refractivity contribution is 0.160. The van der Waals surface area contributed by atoms with Crippen molar-refractivity contribution in [2.24, 2.45) is 0 Å². The third-order valence-electron chi connectivity index (χ3n) is 5.33. The van der Waals surface area contributed by atoms with Gasteiger partial charge in [-0.15, -0.1) is 10.2 Å². The van der Waals surface area contributed by atoms with Crippen LogP contribution in [0, 0.1) is 6.92 Å². The Morgan fingerprint density at radius 3 is 2.96 bits per heavy atom. The molecule has 1 saturated heterocycles. The lowest BCUT2D eigenvalue weighted by Gasteiger charge is -2.32. The number of furan rings is 1. The molecule has 134 valence electrons. The van der Waals surface area contributed by atoms with Gasteiger partial charge in [0.25, 0.3) is 0 Å². The van der Waals surface area contributed by atoms with Crippen LogP contribution < -0.4 is 5.32 Å². The molecule has 4 rings (SSSR count). The summed E-state index contributed by atoms with van der Waals surface area (Å²) in [6.07, 6.45) is 7.86. The van der Waals surface area contributed by atoms with Gasteiger partial charge in [0, 0.05) is 13.1 Å². The van der Waals surface area contributed by atoms with E-state index in [1.807, 2.05) is 24.0 Å². The van der Waals surface area contributed by atoms with Crippen molar-refractivity contribution < 1.29 is 9.21 Å². The highest BCUT2D eigenvalue weighted by molar-refractivity contribution is 5.75. The van der Waals surface area contributed by atoms with Gasteiger partial charge in [-0.1, -0.05) is 12.8 Å². The molecule has 0 spiro atoms. The first-order valence-corrected chi connectivity index (χ1v) is 9.24. The quantitative estimate of drug-likeness (QED) is 0.907. The van der Waals surface area contributed by atoms with E-state index in [-0.39, 0.29) is 18.1 Å². The Labute approximate surface area is 147 Å². The smallest absolute Gasteiger partial charge is 0.318 e. The first kappa shape index (κ1) is 16.2. The highest BCUT2D eigenvalue weighted by atomic mass is 16.3. The van der Waals surface area contributed by atoms with E-state index in [0.29, 0.717) is 0 Å². The van der Waals surface area contributed by atoms with Crippen molar-refractivity contribution in [2.45, 2.75) is 64.1 Å². The number of carbonyl (C=O) groups excluding carboxylic acids is 1. The third kappa shape index (κ3) is 3.15. The van der Waals surface area contributed by atoms with E-state index in [0.717, 1.165) is 69.0 Å². The number of aryl methyl sites for hydroxylation is 1. The second kappa shape index (κ2) is 6.90. The highest BCUT2D eigenvalue weighted by Crippen LogP contribution is 2.31. The normalized spacial score (nSPS) is 23.8. The summed E-state index contributed by atoms with van der Waals surface area (Å²) in [4.78, 5) is 15.0. The standard InChI is InChI=1S/C18H25N5O2/c1-13-20-21-17-14(7-5-11-22(13)17)19-18(24)23-10-4-2-3-8-15(23)16-9-6-12-25-16/h6,9,12,14-15H,2-5,7-8,10-11H2,1H3,(H,19,24)/t14-,15-/m0/s1. The largest absolute Gasteiger partial charge is 0.467 e. The second-order valence-corrected chi connectivity index (χ2v) is 6.98. The lowest BCUT2D eigenvalue weighted by Crippen LogP contribution is -2.44. The van der Waals surface area contributed by atoms with Gasteiger partial charge in [0.05, 0.1) is 18.3 Å². The molecule has 0 bridgehead atoms. The third-order valence-corrected chi connectivity index (χ3v) is 5.33. The Bertz CT molecular complexity index is 724. The number of nitrogens with one attached hydrogen (secondary N) is 1. The van der Waals surface area contributed by atoms with Crippen LogP contribution in [-0.4, -0.2) is 32.2 Å². The fourth-order valence-electron chi connectivity index (χ4n) is 4.01. The number of carbonyl (C=O) groups is 1. The summed E-state index contributed by atoms with van der Waals surface area (Å²) in [7, 11) is 0. The number of rotatable bonds is 2. The number of likely N-dealkylation sites (tertiary alicyclic amines) is 1. The molecule has 2 aromatic rings. The van der Waals surface area contributed by atoms with E-state index in [4.69, 9.17) is 4.42 Å². The molecule has 0 radical (unpaired) electrons. The number of fused-ring (bicyclic) bond motifs is 1. The number of hydrogen-bond donors (Lipinski definition) is 1. The molecule has 7 nitrogen and oxygen atoms in total. The minimum atomic E-state index is -0.0667. The van der Waals surface area contributed by atoms with Crippen molar-refractivity contribution >= 4 is 6.03 Å². The molecule has 2 aliphatic rings. The summed E-state index contributed by atoms with van der Waals surface area (Å²) in [5, 5.41) is 11.7. The maximum absolute atomic E-state index is 13.1. The zero-order valence-corrected chi connectivity index (χ0v) is 14.6. The van der Waals surface area contributed by atoms with Crippen molar-refractivity contribution in [3.05, 3.63) is 35.8 Å². The number of amides is 2. The molecule has 1 N–H and O–H groups in total. The fourth-order valence-corrected chi connectivity index (χ4v) is 4.01. The van der Waals surface area contributed by atoms with Gasteiger partial charge in [-0.05, 0) is 44.7 Å². The van der Waals surface area contributed by atoms with Crippen molar-refractivity contribution in [1.29, 1.82) is 0 Å². The zero-order valence-electron chi connectivity index (χ0n) is 14.6. The lowest BCUT2D eigenvalue weighted by atomic mass is 10.1. The SMILES string of the molecule is Cc1nnc2n1CCC[C@@H]2NC(=O)N1CCCCC[C@H]1c1ccco1. The summed E-state index contributed by atoms with van der Waals surface area (Å²) < 4.78 is 7.72. The van der Waals surface area contributed by atoms with Crippen LogP contribution in [0.15, 0.2) is 22.8 Å². The van der Waals surface area contributed by atoms with E-state index in [2.05, 4.69) is 20.1 Å². The molecule has 2 aliphatic heterocycles. The predicted octanol–water partition coefficient (Wildman–Crippen LogP) is 3.34. The van der Waals surface area contributed by atoms with Crippen molar-refractivity contribution in [2.75, 3.05) is 6.54 Å². The average Bonchev–Trinajstić information content (AvgIpc) is 3.20. The van der Waals surface area contributed by atoms with E-state index in [1.165, 1.54) is 0 Å². The molecular formula is C18H25N5O2. The number of urea groups is 1. The molecule has 0 unspecified atom stereocenters. The van der Waals surface area contributed by atoms with Crippen LogP contribution in [-0.2, 0) is 6.54 Å². The maximum atomic E-state index is 13.1. The van der Waals surface area contributed by atoms with E-state index < -0.39 is 0 Å². The first-order chi connectivity index (χ1) is 12.2. The van der Waals surface area contributed by atoms with E-state index in [9.17, 15) is 4.79 Å². The summed E-state index contributed by atoms with van der Waals surface area (Å²) >= 11 is 0. The first-order valence-electron chi connectivity index (χ1n) is 9.24. The van der Waals surface area contributed by atoms with Gasteiger partial charge in [0.2, 0.25) is 0 Å². The summed E-state index contributed by atoms with van der Waals surface area (Å²) in [6, 6.07) is 3.78. The molecule has 0 saturated carbocycles. The molecule has 4 heterocycles. The Balaban J connectivity index is 1.53. The zero-order chi connectivity index (χ0) is 17.2. The predicted molar refractivity (Wildman–Crippen MR) is 91.9 cm³/mol. The van der Waals surface area contributed by atoms with Crippen LogP contribution >= 0.6 is 0 Å². The van der Waals surface area contributed by atoms with Crippen LogP contribution in [0.5, 0.6) is 0 Å². The second-order valence-electron chi connectivity index (χ2n) is 6.98. The van der Waals surface area contributed by atoms with Crippen LogP contribution in [0.2, 0.25) is 0 Å². The minimum absolute atomic E-state index is 0.0145. The Hall–Kier alpha value is -2.31. The van der Waals surface area contributed by atoms with Crippen molar-refractivity contribution in [3.8, 4) is 0 Å².